The molecule has 4 nitrogen and oxygen atoms in total. The molecule has 1 aromatic rings. The zero-order chi connectivity index (χ0) is 14.2. The fraction of sp³-hybridized carbons (Fsp3) is 0.625. The topological polar surface area (TPSA) is 58.7 Å². The molecular formula is C16H26N2O2. The van der Waals surface area contributed by atoms with Gasteiger partial charge in [0.25, 0.3) is 0 Å². The van der Waals surface area contributed by atoms with E-state index in [4.69, 9.17) is 15.6 Å². The Morgan fingerprint density at radius 3 is 2.50 bits per heavy atom. The predicted octanol–water partition coefficient (Wildman–Crippen LogP) is 1.76. The molecule has 0 aromatic heterocycles. The van der Waals surface area contributed by atoms with Crippen LogP contribution in [0.2, 0.25) is 0 Å². The van der Waals surface area contributed by atoms with Crippen LogP contribution in [-0.4, -0.2) is 42.4 Å². The van der Waals surface area contributed by atoms with Crippen LogP contribution in [0, 0.1) is 0 Å². The summed E-state index contributed by atoms with van der Waals surface area (Å²) in [6, 6.07) is 8.63. The van der Waals surface area contributed by atoms with Crippen LogP contribution >= 0.6 is 0 Å². The SMILES string of the molecule is NCc1ccc(OCCCN(CCO)C2CCC2)cc1. The van der Waals surface area contributed by atoms with Gasteiger partial charge in [0.1, 0.15) is 5.75 Å². The van der Waals surface area contributed by atoms with Crippen molar-refractivity contribution in [3.8, 4) is 5.75 Å². The molecule has 3 N–H and O–H groups in total. The first-order chi connectivity index (χ1) is 9.83. The summed E-state index contributed by atoms with van der Waals surface area (Å²) in [6.07, 6.45) is 4.88. The van der Waals surface area contributed by atoms with E-state index in [0.29, 0.717) is 12.6 Å². The summed E-state index contributed by atoms with van der Waals surface area (Å²) in [6.45, 7) is 3.33. The third-order valence-corrected chi connectivity index (χ3v) is 4.00. The van der Waals surface area contributed by atoms with Gasteiger partial charge in [-0.3, -0.25) is 4.90 Å². The van der Waals surface area contributed by atoms with Crippen molar-refractivity contribution in [3.63, 3.8) is 0 Å². The summed E-state index contributed by atoms with van der Waals surface area (Å²) in [7, 11) is 0. The van der Waals surface area contributed by atoms with Crippen molar-refractivity contribution in [2.24, 2.45) is 5.73 Å². The van der Waals surface area contributed by atoms with E-state index in [9.17, 15) is 0 Å². The largest absolute Gasteiger partial charge is 0.494 e. The number of hydrogen-bond acceptors (Lipinski definition) is 4. The van der Waals surface area contributed by atoms with E-state index in [2.05, 4.69) is 4.90 Å². The van der Waals surface area contributed by atoms with E-state index >= 15 is 0 Å². The number of nitrogens with two attached hydrogens (primary N) is 1. The van der Waals surface area contributed by atoms with Gasteiger partial charge in [0, 0.05) is 25.7 Å². The first-order valence-electron chi connectivity index (χ1n) is 7.60. The van der Waals surface area contributed by atoms with Gasteiger partial charge in [0.15, 0.2) is 0 Å². The van der Waals surface area contributed by atoms with Gasteiger partial charge in [0.05, 0.1) is 13.2 Å². The van der Waals surface area contributed by atoms with Gasteiger partial charge in [-0.2, -0.15) is 0 Å². The maximum atomic E-state index is 9.11. The maximum absolute atomic E-state index is 9.11. The number of benzene rings is 1. The molecule has 0 bridgehead atoms. The summed E-state index contributed by atoms with van der Waals surface area (Å²) < 4.78 is 5.74. The third-order valence-electron chi connectivity index (χ3n) is 4.00. The maximum Gasteiger partial charge on any atom is 0.119 e. The fourth-order valence-electron chi connectivity index (χ4n) is 2.54. The van der Waals surface area contributed by atoms with Crippen molar-refractivity contribution in [1.82, 2.24) is 4.90 Å². The normalized spacial score (nSPS) is 15.3. The average molecular weight is 278 g/mol. The monoisotopic (exact) mass is 278 g/mol. The van der Waals surface area contributed by atoms with Gasteiger partial charge >= 0.3 is 0 Å². The third kappa shape index (κ3) is 4.47. The van der Waals surface area contributed by atoms with Crippen LogP contribution in [0.1, 0.15) is 31.2 Å². The lowest BCUT2D eigenvalue weighted by Crippen LogP contribution is -2.42. The Balaban J connectivity index is 1.66. The molecule has 1 aliphatic carbocycles. The van der Waals surface area contributed by atoms with Gasteiger partial charge < -0.3 is 15.6 Å². The number of aliphatic hydroxyl groups excluding tert-OH is 1. The van der Waals surface area contributed by atoms with Crippen molar-refractivity contribution in [3.05, 3.63) is 29.8 Å². The number of rotatable bonds is 9. The molecule has 0 saturated heterocycles. The van der Waals surface area contributed by atoms with Gasteiger partial charge in [-0.05, 0) is 37.0 Å². The zero-order valence-electron chi connectivity index (χ0n) is 12.1. The Morgan fingerprint density at radius 1 is 1.20 bits per heavy atom. The van der Waals surface area contributed by atoms with Crippen LogP contribution in [0.25, 0.3) is 0 Å². The lowest BCUT2D eigenvalue weighted by atomic mass is 9.91. The highest BCUT2D eigenvalue weighted by Gasteiger charge is 2.23. The van der Waals surface area contributed by atoms with Crippen LogP contribution in [-0.2, 0) is 6.54 Å². The van der Waals surface area contributed by atoms with Crippen LogP contribution in [0.4, 0.5) is 0 Å². The van der Waals surface area contributed by atoms with E-state index < -0.39 is 0 Å². The summed E-state index contributed by atoms with van der Waals surface area (Å²) in [5, 5.41) is 9.11. The first kappa shape index (κ1) is 15.3. The molecule has 0 atom stereocenters. The summed E-state index contributed by atoms with van der Waals surface area (Å²) in [4.78, 5) is 2.39. The van der Waals surface area contributed by atoms with Crippen LogP contribution in [0.15, 0.2) is 24.3 Å². The Hall–Kier alpha value is -1.10. The molecule has 1 saturated carbocycles. The second kappa shape index (κ2) is 8.25. The quantitative estimate of drug-likeness (QED) is 0.676. The molecule has 0 radical (unpaired) electrons. The average Bonchev–Trinajstić information content (AvgIpc) is 2.42. The Labute approximate surface area is 121 Å². The minimum atomic E-state index is 0.248. The molecule has 0 heterocycles. The number of ether oxygens (including phenoxy) is 1. The Bertz CT molecular complexity index is 377. The van der Waals surface area contributed by atoms with Crippen LogP contribution in [0.3, 0.4) is 0 Å². The van der Waals surface area contributed by atoms with Gasteiger partial charge in [-0.15, -0.1) is 0 Å². The van der Waals surface area contributed by atoms with E-state index in [1.54, 1.807) is 0 Å². The minimum Gasteiger partial charge on any atom is -0.494 e. The highest BCUT2D eigenvalue weighted by molar-refractivity contribution is 5.26. The molecular weight excluding hydrogens is 252 g/mol. The molecule has 1 aliphatic rings. The van der Waals surface area contributed by atoms with Crippen LogP contribution < -0.4 is 10.5 Å². The second-order valence-corrected chi connectivity index (χ2v) is 5.39. The molecule has 1 aromatic carbocycles. The highest BCUT2D eigenvalue weighted by atomic mass is 16.5. The summed E-state index contributed by atoms with van der Waals surface area (Å²) in [5.74, 6) is 0.902. The molecule has 112 valence electrons. The van der Waals surface area contributed by atoms with Crippen molar-refractivity contribution in [2.75, 3.05) is 26.3 Å². The highest BCUT2D eigenvalue weighted by Crippen LogP contribution is 2.24. The van der Waals surface area contributed by atoms with Crippen molar-refractivity contribution in [2.45, 2.75) is 38.3 Å². The van der Waals surface area contributed by atoms with E-state index in [1.807, 2.05) is 24.3 Å². The fourth-order valence-corrected chi connectivity index (χ4v) is 2.54. The molecule has 1 fully saturated rings. The van der Waals surface area contributed by atoms with Crippen molar-refractivity contribution < 1.29 is 9.84 Å². The number of hydrogen-bond donors (Lipinski definition) is 2. The summed E-state index contributed by atoms with van der Waals surface area (Å²) >= 11 is 0. The number of aliphatic hydroxyl groups is 1. The van der Waals surface area contributed by atoms with Gasteiger partial charge in [-0.1, -0.05) is 18.6 Å². The molecule has 0 aliphatic heterocycles. The lowest BCUT2D eigenvalue weighted by molar-refractivity contribution is 0.0952. The Morgan fingerprint density at radius 2 is 1.95 bits per heavy atom. The molecule has 2 rings (SSSR count). The van der Waals surface area contributed by atoms with Crippen LogP contribution in [0.5, 0.6) is 5.75 Å². The minimum absolute atomic E-state index is 0.248. The predicted molar refractivity (Wildman–Crippen MR) is 80.7 cm³/mol. The zero-order valence-corrected chi connectivity index (χ0v) is 12.1. The van der Waals surface area contributed by atoms with Gasteiger partial charge in [-0.25, -0.2) is 0 Å². The Kier molecular flexibility index (Phi) is 6.30. The molecule has 0 amide bonds. The van der Waals surface area contributed by atoms with Crippen molar-refractivity contribution in [1.29, 1.82) is 0 Å². The lowest BCUT2D eigenvalue weighted by Gasteiger charge is -2.37. The second-order valence-electron chi connectivity index (χ2n) is 5.39. The first-order valence-corrected chi connectivity index (χ1v) is 7.60. The standard InChI is InChI=1S/C16H26N2O2/c17-13-14-5-7-16(8-6-14)20-12-2-9-18(10-11-19)15-3-1-4-15/h5-8,15,19H,1-4,9-13,17H2. The van der Waals surface area contributed by atoms with Gasteiger partial charge in [0.2, 0.25) is 0 Å². The molecule has 20 heavy (non-hydrogen) atoms. The van der Waals surface area contributed by atoms with E-state index in [1.165, 1.54) is 19.3 Å². The van der Waals surface area contributed by atoms with Crippen molar-refractivity contribution >= 4 is 0 Å². The number of nitrogens with zero attached hydrogens (tertiary/aromatic N) is 1. The molecule has 4 heteroatoms. The molecule has 0 unspecified atom stereocenters. The van der Waals surface area contributed by atoms with E-state index in [0.717, 1.165) is 37.4 Å². The van der Waals surface area contributed by atoms with E-state index in [-0.39, 0.29) is 6.61 Å². The summed E-state index contributed by atoms with van der Waals surface area (Å²) in [5.41, 5.74) is 6.69. The smallest absolute Gasteiger partial charge is 0.119 e. The molecule has 0 spiro atoms.